The van der Waals surface area contributed by atoms with E-state index in [4.69, 9.17) is 15.2 Å². The van der Waals surface area contributed by atoms with Gasteiger partial charge in [-0.05, 0) is 43.4 Å². The Balaban J connectivity index is 1.28. The van der Waals surface area contributed by atoms with Crippen molar-refractivity contribution in [1.29, 1.82) is 0 Å². The van der Waals surface area contributed by atoms with Crippen LogP contribution in [-0.4, -0.2) is 91.7 Å². The molecule has 3 aliphatic rings. The fourth-order valence-electron chi connectivity index (χ4n) is 4.68. The number of aliphatic hydroxyl groups is 2. The second-order valence-electron chi connectivity index (χ2n) is 9.78. The Bertz CT molecular complexity index is 1230. The quantitative estimate of drug-likeness (QED) is 0.391. The molecule has 4 unspecified atom stereocenters. The molecule has 1 aliphatic carbocycles. The fraction of sp³-hybridized carbons (Fsp3) is 0.625. The summed E-state index contributed by atoms with van der Waals surface area (Å²) in [4.78, 5) is 38.8. The monoisotopic (exact) mass is 513 g/mol. The highest BCUT2D eigenvalue weighted by Gasteiger charge is 2.48. The smallest absolute Gasteiger partial charge is 0.409 e. The summed E-state index contributed by atoms with van der Waals surface area (Å²) < 4.78 is 12.0. The third-order valence-corrected chi connectivity index (χ3v) is 7.12. The van der Waals surface area contributed by atoms with Crippen LogP contribution in [0.3, 0.4) is 0 Å². The molecule has 37 heavy (non-hydrogen) atoms. The number of amides is 2. The van der Waals surface area contributed by atoms with Gasteiger partial charge in [-0.1, -0.05) is 5.92 Å². The van der Waals surface area contributed by atoms with Crippen LogP contribution in [0.25, 0.3) is 11.2 Å². The lowest BCUT2D eigenvalue weighted by molar-refractivity contribution is -0.137. The molecule has 2 aromatic heterocycles. The molecule has 13 heteroatoms. The minimum atomic E-state index is -1.41. The summed E-state index contributed by atoms with van der Waals surface area (Å²) in [5.74, 6) is 6.68. The number of aromatic nitrogens is 4. The van der Waals surface area contributed by atoms with Crippen LogP contribution in [0.5, 0.6) is 0 Å². The molecule has 4 atom stereocenters. The first-order chi connectivity index (χ1) is 17.9. The number of carbonyl (C=O) groups excluding carboxylic acids is 2. The minimum Gasteiger partial charge on any atom is -0.453 e. The number of fused-ring (bicyclic) bond motifs is 1. The zero-order valence-electron chi connectivity index (χ0n) is 20.5. The number of nitrogens with two attached hydrogens (primary N) is 1. The number of nitrogens with one attached hydrogen (secondary N) is 1. The maximum atomic E-state index is 12.5. The number of hydrogen-bond acceptors (Lipinski definition) is 10. The molecule has 2 amide bonds. The van der Waals surface area contributed by atoms with Crippen molar-refractivity contribution in [1.82, 2.24) is 29.7 Å². The highest BCUT2D eigenvalue weighted by molar-refractivity contribution is 5.83. The number of imidazole rings is 1. The largest absolute Gasteiger partial charge is 0.453 e. The summed E-state index contributed by atoms with van der Waals surface area (Å²) in [5.41, 5.74) is 6.67. The van der Waals surface area contributed by atoms with Crippen LogP contribution in [0.2, 0.25) is 0 Å². The molecule has 5 rings (SSSR count). The molecule has 0 spiro atoms. The summed E-state index contributed by atoms with van der Waals surface area (Å²) in [6.07, 6.45) is 0.376. The van der Waals surface area contributed by atoms with Gasteiger partial charge in [-0.3, -0.25) is 9.36 Å². The van der Waals surface area contributed by atoms with E-state index in [1.165, 1.54) is 18.0 Å². The van der Waals surface area contributed by atoms with E-state index >= 15 is 0 Å². The van der Waals surface area contributed by atoms with Gasteiger partial charge in [0.15, 0.2) is 23.8 Å². The number of hydrogen-bond donors (Lipinski definition) is 4. The summed E-state index contributed by atoms with van der Waals surface area (Å²) in [6, 6.07) is 0. The number of carbonyl (C=O) groups is 2. The average molecular weight is 514 g/mol. The van der Waals surface area contributed by atoms with Crippen LogP contribution < -0.4 is 11.1 Å². The van der Waals surface area contributed by atoms with Crippen LogP contribution in [0.4, 0.5) is 10.6 Å². The lowest BCUT2D eigenvalue weighted by atomic mass is 9.94. The minimum absolute atomic E-state index is 0.117. The van der Waals surface area contributed by atoms with E-state index in [1.54, 1.807) is 4.90 Å². The molecule has 5 N–H and O–H groups in total. The molecule has 1 saturated carbocycles. The van der Waals surface area contributed by atoms with E-state index in [-0.39, 0.29) is 23.4 Å². The highest BCUT2D eigenvalue weighted by atomic mass is 16.6. The van der Waals surface area contributed by atoms with Crippen molar-refractivity contribution < 1.29 is 29.3 Å². The molecular weight excluding hydrogens is 482 g/mol. The van der Waals surface area contributed by atoms with Crippen LogP contribution in [0.1, 0.15) is 44.2 Å². The molecule has 13 nitrogen and oxygen atoms in total. The molecule has 0 radical (unpaired) electrons. The second kappa shape index (κ2) is 10.5. The SMILES string of the molecule is COC(=O)N1CCC(CC#Cc2nc(N)c3ncn(C4OC(C(=O)NCC5CC5)C(O)C4O)c3n2)CC1. The lowest BCUT2D eigenvalue weighted by Crippen LogP contribution is -2.43. The van der Waals surface area contributed by atoms with E-state index in [0.717, 1.165) is 25.7 Å². The van der Waals surface area contributed by atoms with Gasteiger partial charge in [0.05, 0.1) is 13.4 Å². The first kappa shape index (κ1) is 25.2. The van der Waals surface area contributed by atoms with E-state index in [1.807, 2.05) is 0 Å². The fourth-order valence-corrected chi connectivity index (χ4v) is 4.68. The summed E-state index contributed by atoms with van der Waals surface area (Å²) in [5, 5.41) is 23.9. The Morgan fingerprint density at radius 1 is 1.19 bits per heavy atom. The number of anilines is 1. The van der Waals surface area contributed by atoms with Gasteiger partial charge in [0, 0.05) is 26.1 Å². The topological polar surface area (TPSA) is 178 Å². The molecule has 2 aliphatic heterocycles. The Morgan fingerprint density at radius 3 is 2.65 bits per heavy atom. The standard InChI is InChI=1S/C24H31N7O6/c1-36-24(35)30-9-7-13(8-10-30)3-2-4-15-28-20(25)16-21(29-15)31(12-27-16)23-18(33)17(32)19(37-23)22(34)26-11-14-5-6-14/h12-14,17-19,23,32-33H,3,5-11H2,1H3,(H,26,34)(H2,25,28,29). The molecule has 2 aromatic rings. The Morgan fingerprint density at radius 2 is 1.95 bits per heavy atom. The molecule has 4 heterocycles. The van der Waals surface area contributed by atoms with Crippen LogP contribution in [-0.2, 0) is 14.3 Å². The van der Waals surface area contributed by atoms with Crippen molar-refractivity contribution in [3.05, 3.63) is 12.2 Å². The van der Waals surface area contributed by atoms with E-state index in [9.17, 15) is 19.8 Å². The maximum absolute atomic E-state index is 12.5. The molecule has 0 aromatic carbocycles. The van der Waals surface area contributed by atoms with Gasteiger partial charge in [-0.15, -0.1) is 0 Å². The third-order valence-electron chi connectivity index (χ3n) is 7.12. The lowest BCUT2D eigenvalue weighted by Gasteiger charge is -2.29. The van der Waals surface area contributed by atoms with Crippen molar-refractivity contribution >= 4 is 29.0 Å². The summed E-state index contributed by atoms with van der Waals surface area (Å²) in [6.45, 7) is 1.78. The van der Waals surface area contributed by atoms with Gasteiger partial charge in [0.1, 0.15) is 17.7 Å². The van der Waals surface area contributed by atoms with Gasteiger partial charge in [0.2, 0.25) is 5.82 Å². The predicted molar refractivity (Wildman–Crippen MR) is 130 cm³/mol. The number of nitrogen functional groups attached to an aromatic ring is 1. The van der Waals surface area contributed by atoms with E-state index in [0.29, 0.717) is 43.4 Å². The molecular formula is C24H31N7O6. The summed E-state index contributed by atoms with van der Waals surface area (Å²) >= 11 is 0. The van der Waals surface area contributed by atoms with E-state index in [2.05, 4.69) is 32.1 Å². The Hall–Kier alpha value is -3.47. The van der Waals surface area contributed by atoms with Gasteiger partial charge in [-0.2, -0.15) is 0 Å². The third kappa shape index (κ3) is 5.31. The van der Waals surface area contributed by atoms with Crippen molar-refractivity contribution in [3.8, 4) is 11.8 Å². The average Bonchev–Trinajstić information content (AvgIpc) is 3.57. The number of methoxy groups -OCH3 is 1. The van der Waals surface area contributed by atoms with Crippen molar-refractivity contribution in [3.63, 3.8) is 0 Å². The van der Waals surface area contributed by atoms with Crippen LogP contribution in [0.15, 0.2) is 6.33 Å². The molecule has 198 valence electrons. The second-order valence-corrected chi connectivity index (χ2v) is 9.78. The van der Waals surface area contributed by atoms with Gasteiger partial charge in [0.25, 0.3) is 5.91 Å². The van der Waals surface area contributed by atoms with Crippen molar-refractivity contribution in [2.75, 3.05) is 32.5 Å². The van der Waals surface area contributed by atoms with Gasteiger partial charge < -0.3 is 35.6 Å². The highest BCUT2D eigenvalue weighted by Crippen LogP contribution is 2.33. The predicted octanol–water partition coefficient (Wildman–Crippen LogP) is -0.226. The first-order valence-electron chi connectivity index (χ1n) is 12.5. The van der Waals surface area contributed by atoms with Gasteiger partial charge >= 0.3 is 6.09 Å². The zero-order valence-corrected chi connectivity index (χ0v) is 20.5. The molecule has 0 bridgehead atoms. The number of rotatable bonds is 5. The van der Waals surface area contributed by atoms with Crippen molar-refractivity contribution in [2.24, 2.45) is 11.8 Å². The van der Waals surface area contributed by atoms with Crippen LogP contribution >= 0.6 is 0 Å². The Labute approximate surface area is 213 Å². The number of nitrogens with zero attached hydrogens (tertiary/aromatic N) is 5. The number of piperidine rings is 1. The maximum Gasteiger partial charge on any atom is 0.409 e. The van der Waals surface area contributed by atoms with Gasteiger partial charge in [-0.25, -0.2) is 19.7 Å². The number of aliphatic hydroxyl groups excluding tert-OH is 2. The zero-order chi connectivity index (χ0) is 26.1. The Kier molecular flexibility index (Phi) is 7.14. The summed E-state index contributed by atoms with van der Waals surface area (Å²) in [7, 11) is 1.38. The first-order valence-corrected chi connectivity index (χ1v) is 12.5. The normalized spacial score (nSPS) is 26.1. The van der Waals surface area contributed by atoms with Crippen LogP contribution in [0, 0.1) is 23.7 Å². The molecule has 3 fully saturated rings. The van der Waals surface area contributed by atoms with Crippen molar-refractivity contribution in [2.45, 2.75) is 56.6 Å². The molecule has 2 saturated heterocycles. The number of ether oxygens (including phenoxy) is 2. The number of likely N-dealkylation sites (tertiary alicyclic amines) is 1. The van der Waals surface area contributed by atoms with E-state index < -0.39 is 30.4 Å².